The molecule has 5 heteroatoms. The number of ether oxygens (including phenoxy) is 1. The molecule has 1 aromatic heterocycles. The van der Waals surface area contributed by atoms with Gasteiger partial charge in [0.1, 0.15) is 5.75 Å². The summed E-state index contributed by atoms with van der Waals surface area (Å²) >= 11 is 0. The number of aromatic nitrogens is 2. The van der Waals surface area contributed by atoms with E-state index >= 15 is 0 Å². The van der Waals surface area contributed by atoms with Crippen molar-refractivity contribution in [2.45, 2.75) is 44.7 Å². The van der Waals surface area contributed by atoms with Gasteiger partial charge >= 0.3 is 0 Å². The summed E-state index contributed by atoms with van der Waals surface area (Å²) in [5.74, 6) is 2.91. The molecule has 0 radical (unpaired) electrons. The lowest BCUT2D eigenvalue weighted by Crippen LogP contribution is -2.47. The highest BCUT2D eigenvalue weighted by molar-refractivity contribution is 5.94. The summed E-state index contributed by atoms with van der Waals surface area (Å²) in [7, 11) is 3.55. The molecular formula is C21H25N3O2. The number of carbonyl (C=O) groups is 1. The first-order chi connectivity index (χ1) is 12.6. The van der Waals surface area contributed by atoms with Crippen LogP contribution in [0.3, 0.4) is 0 Å². The van der Waals surface area contributed by atoms with Crippen molar-refractivity contribution in [1.29, 1.82) is 0 Å². The van der Waals surface area contributed by atoms with Crippen molar-refractivity contribution in [3.05, 3.63) is 47.3 Å². The molecule has 2 atom stereocenters. The van der Waals surface area contributed by atoms with Crippen molar-refractivity contribution in [2.24, 2.45) is 7.05 Å². The van der Waals surface area contributed by atoms with Crippen molar-refractivity contribution in [1.82, 2.24) is 14.7 Å². The van der Waals surface area contributed by atoms with Crippen molar-refractivity contribution in [3.8, 4) is 18.1 Å². The van der Waals surface area contributed by atoms with Crippen molar-refractivity contribution >= 4 is 5.91 Å². The number of terminal acetylenes is 1. The Bertz CT molecular complexity index is 834. The van der Waals surface area contributed by atoms with Crippen LogP contribution in [0, 0.1) is 12.3 Å². The van der Waals surface area contributed by atoms with E-state index in [1.807, 2.05) is 36.5 Å². The standard InChI is InChI=1S/C21H25N3O2/c1-5-7-8-17-11-15-12-18(26-4)9-10-19(15)21(24(17)20(25)6-2)16-13-22-23(3)14-16/h2,9-10,12-14,17,21H,5,7-8,11H2,1,3-4H3/t17-,21-/m0/s1. The van der Waals surface area contributed by atoms with Crippen LogP contribution in [0.5, 0.6) is 5.75 Å². The van der Waals surface area contributed by atoms with Crippen LogP contribution in [0.4, 0.5) is 0 Å². The minimum atomic E-state index is -0.263. The number of unbranched alkanes of at least 4 members (excludes halogenated alkanes) is 1. The number of benzene rings is 1. The summed E-state index contributed by atoms with van der Waals surface area (Å²) in [6, 6.07) is 5.91. The second-order valence-electron chi connectivity index (χ2n) is 6.77. The molecule has 0 aliphatic carbocycles. The highest BCUT2D eigenvalue weighted by Gasteiger charge is 2.38. The maximum Gasteiger partial charge on any atom is 0.299 e. The van der Waals surface area contributed by atoms with E-state index in [2.05, 4.69) is 24.0 Å². The summed E-state index contributed by atoms with van der Waals surface area (Å²) in [5, 5.41) is 4.31. The van der Waals surface area contributed by atoms with E-state index in [9.17, 15) is 4.79 Å². The van der Waals surface area contributed by atoms with Crippen molar-refractivity contribution < 1.29 is 9.53 Å². The van der Waals surface area contributed by atoms with Gasteiger partial charge in [0.05, 0.1) is 19.3 Å². The van der Waals surface area contributed by atoms with Crippen LogP contribution in [-0.4, -0.2) is 33.7 Å². The van der Waals surface area contributed by atoms with Crippen LogP contribution in [0.1, 0.15) is 48.9 Å². The van der Waals surface area contributed by atoms with Crippen LogP contribution >= 0.6 is 0 Å². The molecule has 5 nitrogen and oxygen atoms in total. The number of hydrogen-bond acceptors (Lipinski definition) is 3. The summed E-state index contributed by atoms with van der Waals surface area (Å²) in [6.07, 6.45) is 13.1. The number of methoxy groups -OCH3 is 1. The van der Waals surface area contributed by atoms with Gasteiger partial charge in [-0.3, -0.25) is 9.48 Å². The normalized spacial score (nSPS) is 18.9. The SMILES string of the molecule is C#CC(=O)N1[C@@H](CCCC)Cc2cc(OC)ccc2[C@@H]1c1cnn(C)c1. The Balaban J connectivity index is 2.14. The Morgan fingerprint density at radius 1 is 1.46 bits per heavy atom. The summed E-state index contributed by atoms with van der Waals surface area (Å²) in [5.41, 5.74) is 3.28. The van der Waals surface area contributed by atoms with Gasteiger partial charge in [-0.05, 0) is 42.0 Å². The second-order valence-corrected chi connectivity index (χ2v) is 6.77. The third-order valence-corrected chi connectivity index (χ3v) is 5.06. The fourth-order valence-corrected chi connectivity index (χ4v) is 3.83. The predicted molar refractivity (Wildman–Crippen MR) is 101 cm³/mol. The largest absolute Gasteiger partial charge is 0.497 e. The van der Waals surface area contributed by atoms with Gasteiger partial charge < -0.3 is 9.64 Å². The molecule has 0 bridgehead atoms. The maximum absolute atomic E-state index is 12.7. The zero-order valence-electron chi connectivity index (χ0n) is 15.6. The highest BCUT2D eigenvalue weighted by atomic mass is 16.5. The van der Waals surface area contributed by atoms with Crippen LogP contribution in [-0.2, 0) is 18.3 Å². The number of aryl methyl sites for hydroxylation is 1. The first-order valence-corrected chi connectivity index (χ1v) is 9.03. The fourth-order valence-electron chi connectivity index (χ4n) is 3.83. The second kappa shape index (κ2) is 7.65. The van der Waals surface area contributed by atoms with Crippen LogP contribution < -0.4 is 4.74 Å². The molecular weight excluding hydrogens is 326 g/mol. The van der Waals surface area contributed by atoms with Gasteiger partial charge in [-0.25, -0.2) is 0 Å². The van der Waals surface area contributed by atoms with Gasteiger partial charge in [0.2, 0.25) is 0 Å². The smallest absolute Gasteiger partial charge is 0.299 e. The molecule has 0 saturated heterocycles. The summed E-state index contributed by atoms with van der Waals surface area (Å²) in [6.45, 7) is 2.16. The maximum atomic E-state index is 12.7. The molecule has 26 heavy (non-hydrogen) atoms. The number of amides is 1. The van der Waals surface area contributed by atoms with Gasteiger partial charge in [0, 0.05) is 24.8 Å². The molecule has 2 heterocycles. The lowest BCUT2D eigenvalue weighted by Gasteiger charge is -2.42. The van der Waals surface area contributed by atoms with E-state index in [4.69, 9.17) is 11.2 Å². The van der Waals surface area contributed by atoms with E-state index < -0.39 is 0 Å². The van der Waals surface area contributed by atoms with Crippen LogP contribution in [0.2, 0.25) is 0 Å². The van der Waals surface area contributed by atoms with E-state index in [-0.39, 0.29) is 18.0 Å². The average molecular weight is 351 g/mol. The Kier molecular flexibility index (Phi) is 5.32. The molecule has 0 fully saturated rings. The molecule has 0 spiro atoms. The van der Waals surface area contributed by atoms with E-state index in [1.54, 1.807) is 11.8 Å². The zero-order chi connectivity index (χ0) is 18.7. The Morgan fingerprint density at radius 3 is 2.88 bits per heavy atom. The predicted octanol–water partition coefficient (Wildman–Crippen LogP) is 3.09. The van der Waals surface area contributed by atoms with Gasteiger partial charge in [0.25, 0.3) is 5.91 Å². The molecule has 0 unspecified atom stereocenters. The topological polar surface area (TPSA) is 47.4 Å². The third-order valence-electron chi connectivity index (χ3n) is 5.06. The number of hydrogen-bond donors (Lipinski definition) is 0. The molecule has 1 aliphatic heterocycles. The molecule has 1 aromatic carbocycles. The average Bonchev–Trinajstić information content (AvgIpc) is 3.09. The number of fused-ring (bicyclic) bond motifs is 1. The van der Waals surface area contributed by atoms with Gasteiger partial charge in [-0.1, -0.05) is 25.8 Å². The molecule has 1 aliphatic rings. The quantitative estimate of drug-likeness (QED) is 0.778. The molecule has 136 valence electrons. The van der Waals surface area contributed by atoms with E-state index in [0.717, 1.165) is 42.6 Å². The first kappa shape index (κ1) is 18.1. The number of carbonyl (C=O) groups excluding carboxylic acids is 1. The minimum Gasteiger partial charge on any atom is -0.497 e. The molecule has 2 aromatic rings. The Hall–Kier alpha value is -2.74. The van der Waals surface area contributed by atoms with Crippen molar-refractivity contribution in [2.75, 3.05) is 7.11 Å². The summed E-state index contributed by atoms with van der Waals surface area (Å²) in [4.78, 5) is 14.6. The Labute approximate surface area is 155 Å². The molecule has 1 amide bonds. The number of rotatable bonds is 5. The van der Waals surface area contributed by atoms with E-state index in [0.29, 0.717) is 0 Å². The number of nitrogens with zero attached hydrogens (tertiary/aromatic N) is 3. The fraction of sp³-hybridized carbons (Fsp3) is 0.429. The Morgan fingerprint density at radius 2 is 2.27 bits per heavy atom. The monoisotopic (exact) mass is 351 g/mol. The van der Waals surface area contributed by atoms with Crippen LogP contribution in [0.25, 0.3) is 0 Å². The van der Waals surface area contributed by atoms with Gasteiger partial charge in [-0.15, -0.1) is 6.42 Å². The lowest BCUT2D eigenvalue weighted by atomic mass is 9.83. The minimum absolute atomic E-state index is 0.0725. The van der Waals surface area contributed by atoms with E-state index in [1.165, 1.54) is 5.56 Å². The van der Waals surface area contributed by atoms with Crippen LogP contribution in [0.15, 0.2) is 30.6 Å². The lowest BCUT2D eigenvalue weighted by molar-refractivity contribution is -0.130. The third kappa shape index (κ3) is 3.32. The molecule has 0 saturated carbocycles. The van der Waals surface area contributed by atoms with Gasteiger partial charge in [0.15, 0.2) is 0 Å². The molecule has 3 rings (SSSR count). The highest BCUT2D eigenvalue weighted by Crippen LogP contribution is 2.40. The molecule has 0 N–H and O–H groups in total. The summed E-state index contributed by atoms with van der Waals surface area (Å²) < 4.78 is 7.16. The first-order valence-electron chi connectivity index (χ1n) is 9.03. The van der Waals surface area contributed by atoms with Crippen molar-refractivity contribution in [3.63, 3.8) is 0 Å². The zero-order valence-corrected chi connectivity index (χ0v) is 15.6. The van der Waals surface area contributed by atoms with Gasteiger partial charge in [-0.2, -0.15) is 5.10 Å².